The number of halogens is 1. The van der Waals surface area contributed by atoms with Crippen molar-refractivity contribution in [2.45, 2.75) is 26.3 Å². The molecule has 0 fully saturated rings. The van der Waals surface area contributed by atoms with Gasteiger partial charge in [-0.25, -0.2) is 9.78 Å². The lowest BCUT2D eigenvalue weighted by molar-refractivity contribution is 0.110. The minimum atomic E-state index is -0.429. The van der Waals surface area contributed by atoms with Gasteiger partial charge >= 0.3 is 6.09 Å². The molecule has 150 valence electrons. The number of benzene rings is 1. The highest BCUT2D eigenvalue weighted by atomic mass is 35.5. The first-order chi connectivity index (χ1) is 13.2. The summed E-state index contributed by atoms with van der Waals surface area (Å²) in [4.78, 5) is 16.2. The first kappa shape index (κ1) is 21.5. The zero-order valence-electron chi connectivity index (χ0n) is 15.6. The zero-order valence-corrected chi connectivity index (χ0v) is 17.2. The number of amides is 1. The second-order valence-electron chi connectivity index (χ2n) is 5.57. The number of nitrogens with zero attached hydrogens (tertiary/aromatic N) is 1. The van der Waals surface area contributed by atoms with E-state index in [2.05, 4.69) is 10.3 Å². The fourth-order valence-corrected chi connectivity index (χ4v) is 3.23. The Morgan fingerprint density at radius 2 is 2.07 bits per heavy atom. The van der Waals surface area contributed by atoms with Crippen LogP contribution in [0.2, 0.25) is 0 Å². The van der Waals surface area contributed by atoms with Crippen molar-refractivity contribution < 1.29 is 23.7 Å². The number of rotatable bonds is 12. The number of aromatic nitrogens is 1. The van der Waals surface area contributed by atoms with E-state index in [9.17, 15) is 4.79 Å². The fraction of sp³-hybridized carbons (Fsp3) is 0.556. The Morgan fingerprint density at radius 3 is 2.81 bits per heavy atom. The van der Waals surface area contributed by atoms with Crippen LogP contribution in [0, 0.1) is 0 Å². The molecule has 0 aliphatic carbocycles. The number of fused-ring (bicyclic) bond motifs is 1. The van der Waals surface area contributed by atoms with E-state index < -0.39 is 6.09 Å². The van der Waals surface area contributed by atoms with Gasteiger partial charge in [-0.3, -0.25) is 0 Å². The fourth-order valence-electron chi connectivity index (χ4n) is 2.21. The lowest BCUT2D eigenvalue weighted by Crippen LogP contribution is -2.24. The van der Waals surface area contributed by atoms with Crippen molar-refractivity contribution >= 4 is 39.2 Å². The molecule has 0 radical (unpaired) electrons. The molecule has 0 spiro atoms. The molecule has 27 heavy (non-hydrogen) atoms. The standard InChI is InChI=1S/C18H25ClN2O5S/c1-3-4-6-26-18(22)20-12-17-21-13-10-15(25-9-8-24-7-5-19)14(23-2)11-16(13)27-17/h10-11H,3-9,12H2,1-2H3,(H,20,22). The van der Waals surface area contributed by atoms with Crippen LogP contribution in [-0.2, 0) is 16.0 Å². The third-order valence-electron chi connectivity index (χ3n) is 3.54. The van der Waals surface area contributed by atoms with Crippen LogP contribution in [0.25, 0.3) is 10.2 Å². The number of ether oxygens (including phenoxy) is 4. The van der Waals surface area contributed by atoms with Crippen molar-refractivity contribution in [3.05, 3.63) is 17.1 Å². The minimum absolute atomic E-state index is 0.315. The van der Waals surface area contributed by atoms with Crippen LogP contribution in [0.1, 0.15) is 24.8 Å². The lowest BCUT2D eigenvalue weighted by Gasteiger charge is -2.10. The second-order valence-corrected chi connectivity index (χ2v) is 7.06. The van der Waals surface area contributed by atoms with E-state index in [1.807, 2.05) is 19.1 Å². The number of thiazole rings is 1. The highest BCUT2D eigenvalue weighted by molar-refractivity contribution is 7.18. The summed E-state index contributed by atoms with van der Waals surface area (Å²) in [7, 11) is 1.59. The summed E-state index contributed by atoms with van der Waals surface area (Å²) in [5.74, 6) is 1.68. The van der Waals surface area contributed by atoms with E-state index >= 15 is 0 Å². The molecule has 2 aromatic rings. The number of alkyl carbamates (subject to hydrolysis) is 1. The van der Waals surface area contributed by atoms with E-state index in [1.54, 1.807) is 7.11 Å². The summed E-state index contributed by atoms with van der Waals surface area (Å²) in [5.41, 5.74) is 0.786. The molecule has 0 unspecified atom stereocenters. The Kier molecular flexibility index (Phi) is 9.44. The van der Waals surface area contributed by atoms with Gasteiger partial charge in [-0.2, -0.15) is 0 Å². The molecule has 0 saturated heterocycles. The monoisotopic (exact) mass is 416 g/mol. The molecule has 1 amide bonds. The summed E-state index contributed by atoms with van der Waals surface area (Å²) in [6.45, 7) is 4.11. The Balaban J connectivity index is 1.96. The number of hydrogen-bond donors (Lipinski definition) is 1. The van der Waals surface area contributed by atoms with Crippen LogP contribution in [0.15, 0.2) is 12.1 Å². The van der Waals surface area contributed by atoms with Crippen LogP contribution in [0.4, 0.5) is 4.79 Å². The highest BCUT2D eigenvalue weighted by Gasteiger charge is 2.12. The molecule has 9 heteroatoms. The number of nitrogens with one attached hydrogen (secondary N) is 1. The van der Waals surface area contributed by atoms with Crippen molar-refractivity contribution in [1.29, 1.82) is 0 Å². The first-order valence-corrected chi connectivity index (χ1v) is 10.2. The molecule has 1 heterocycles. The summed E-state index contributed by atoms with van der Waals surface area (Å²) in [5, 5.41) is 3.49. The van der Waals surface area contributed by atoms with Crippen molar-refractivity contribution in [2.75, 3.05) is 39.4 Å². The van der Waals surface area contributed by atoms with Crippen LogP contribution in [-0.4, -0.2) is 50.5 Å². The van der Waals surface area contributed by atoms with Gasteiger partial charge in [0.25, 0.3) is 0 Å². The van der Waals surface area contributed by atoms with Crippen molar-refractivity contribution in [2.24, 2.45) is 0 Å². The third kappa shape index (κ3) is 7.04. The molecular weight excluding hydrogens is 392 g/mol. The molecular formula is C18H25ClN2O5S. The molecule has 0 aliphatic rings. The SMILES string of the molecule is CCCCOC(=O)NCc1nc2cc(OCCOCCCl)c(OC)cc2s1. The van der Waals surface area contributed by atoms with Crippen molar-refractivity contribution in [3.63, 3.8) is 0 Å². The highest BCUT2D eigenvalue weighted by Crippen LogP contribution is 2.34. The van der Waals surface area contributed by atoms with Gasteiger partial charge in [-0.05, 0) is 6.42 Å². The number of alkyl halides is 1. The summed E-state index contributed by atoms with van der Waals surface area (Å²) in [6, 6.07) is 3.71. The summed E-state index contributed by atoms with van der Waals surface area (Å²) < 4.78 is 22.4. The van der Waals surface area contributed by atoms with Crippen molar-refractivity contribution in [1.82, 2.24) is 10.3 Å². The Morgan fingerprint density at radius 1 is 1.22 bits per heavy atom. The zero-order chi connectivity index (χ0) is 19.5. The maximum Gasteiger partial charge on any atom is 0.407 e. The topological polar surface area (TPSA) is 78.9 Å². The van der Waals surface area contributed by atoms with Gasteiger partial charge in [-0.1, -0.05) is 13.3 Å². The van der Waals surface area contributed by atoms with Gasteiger partial charge in [0.05, 0.1) is 43.7 Å². The predicted octanol–water partition coefficient (Wildman–Crippen LogP) is 3.97. The van der Waals surface area contributed by atoms with E-state index in [0.29, 0.717) is 50.4 Å². The second kappa shape index (κ2) is 11.8. The van der Waals surface area contributed by atoms with Gasteiger partial charge < -0.3 is 24.3 Å². The van der Waals surface area contributed by atoms with E-state index in [4.69, 9.17) is 30.5 Å². The molecule has 7 nitrogen and oxygen atoms in total. The largest absolute Gasteiger partial charge is 0.493 e. The Bertz CT molecular complexity index is 725. The Labute approximate surface area is 167 Å². The molecule has 0 aliphatic heterocycles. The van der Waals surface area contributed by atoms with E-state index in [0.717, 1.165) is 28.1 Å². The van der Waals surface area contributed by atoms with Gasteiger partial charge in [0, 0.05) is 18.0 Å². The quantitative estimate of drug-likeness (QED) is 0.416. The van der Waals surface area contributed by atoms with Crippen LogP contribution >= 0.6 is 22.9 Å². The van der Waals surface area contributed by atoms with Crippen LogP contribution in [0.3, 0.4) is 0 Å². The predicted molar refractivity (Wildman–Crippen MR) is 106 cm³/mol. The maximum atomic E-state index is 11.6. The molecule has 0 bridgehead atoms. The van der Waals surface area contributed by atoms with E-state index in [-0.39, 0.29) is 0 Å². The van der Waals surface area contributed by atoms with Crippen LogP contribution < -0.4 is 14.8 Å². The number of methoxy groups -OCH3 is 1. The minimum Gasteiger partial charge on any atom is -0.493 e. The van der Waals surface area contributed by atoms with Gasteiger partial charge in [0.15, 0.2) is 11.5 Å². The smallest absolute Gasteiger partial charge is 0.407 e. The maximum absolute atomic E-state index is 11.6. The first-order valence-electron chi connectivity index (χ1n) is 8.82. The Hall–Kier alpha value is -1.77. The van der Waals surface area contributed by atoms with Gasteiger partial charge in [0.1, 0.15) is 11.6 Å². The molecule has 1 aromatic heterocycles. The molecule has 2 rings (SSSR count). The number of hydrogen-bond acceptors (Lipinski definition) is 7. The van der Waals surface area contributed by atoms with Gasteiger partial charge in [0.2, 0.25) is 0 Å². The number of carbonyl (C=O) groups is 1. The van der Waals surface area contributed by atoms with E-state index in [1.165, 1.54) is 11.3 Å². The number of unbranched alkanes of at least 4 members (excludes halogenated alkanes) is 1. The molecule has 0 saturated carbocycles. The third-order valence-corrected chi connectivity index (χ3v) is 4.71. The normalized spacial score (nSPS) is 10.8. The average molecular weight is 417 g/mol. The molecule has 1 N–H and O–H groups in total. The van der Waals surface area contributed by atoms with Crippen molar-refractivity contribution in [3.8, 4) is 11.5 Å². The molecule has 1 aromatic carbocycles. The van der Waals surface area contributed by atoms with Gasteiger partial charge in [-0.15, -0.1) is 22.9 Å². The lowest BCUT2D eigenvalue weighted by atomic mass is 10.3. The number of carbonyl (C=O) groups excluding carboxylic acids is 1. The summed E-state index contributed by atoms with van der Waals surface area (Å²) >= 11 is 7.05. The average Bonchev–Trinajstić information content (AvgIpc) is 3.07. The summed E-state index contributed by atoms with van der Waals surface area (Å²) in [6.07, 6.45) is 1.41. The van der Waals surface area contributed by atoms with Crippen LogP contribution in [0.5, 0.6) is 11.5 Å². The molecule has 0 atom stereocenters.